The quantitative estimate of drug-likeness (QED) is 0.849. The molecule has 4 heteroatoms. The first-order valence-corrected chi connectivity index (χ1v) is 6.04. The molecule has 0 aliphatic heterocycles. The molecule has 0 radical (unpaired) electrons. The second-order valence-corrected chi connectivity index (χ2v) is 4.20. The van der Waals surface area contributed by atoms with E-state index in [1.54, 1.807) is 6.20 Å². The summed E-state index contributed by atoms with van der Waals surface area (Å²) in [5.74, 6) is -0.00325. The zero-order chi connectivity index (χ0) is 13.0. The molecule has 0 saturated carbocycles. The number of imidazole rings is 1. The monoisotopic (exact) mass is 244 g/mol. The second kappa shape index (κ2) is 5.49. The van der Waals surface area contributed by atoms with E-state index >= 15 is 0 Å². The van der Waals surface area contributed by atoms with Gasteiger partial charge in [0.2, 0.25) is 0 Å². The predicted octanol–water partition coefficient (Wildman–Crippen LogP) is 2.66. The van der Waals surface area contributed by atoms with Crippen molar-refractivity contribution in [3.05, 3.63) is 41.7 Å². The second-order valence-electron chi connectivity index (χ2n) is 4.20. The summed E-state index contributed by atoms with van der Waals surface area (Å²) in [6.07, 6.45) is 3.32. The molecule has 0 amide bonds. The molecule has 2 rings (SSSR count). The van der Waals surface area contributed by atoms with Crippen LogP contribution < -0.4 is 0 Å². The molecule has 0 fully saturated rings. The fourth-order valence-corrected chi connectivity index (χ4v) is 1.77. The molecule has 94 valence electrons. The van der Waals surface area contributed by atoms with Crippen LogP contribution in [-0.2, 0) is 17.6 Å². The van der Waals surface area contributed by atoms with Crippen LogP contribution in [0, 0.1) is 0 Å². The Morgan fingerprint density at radius 1 is 1.33 bits per heavy atom. The number of rotatable bonds is 5. The van der Waals surface area contributed by atoms with E-state index in [9.17, 15) is 4.79 Å². The lowest BCUT2D eigenvalue weighted by molar-refractivity contribution is -0.136. The maximum absolute atomic E-state index is 10.5. The SMILES string of the molecule is CCc1ccc(-c2ncc(CCC(=O)O)[nH]2)cc1. The van der Waals surface area contributed by atoms with E-state index in [4.69, 9.17) is 5.11 Å². The minimum absolute atomic E-state index is 0.121. The molecule has 2 N–H and O–H groups in total. The van der Waals surface area contributed by atoms with E-state index in [0.29, 0.717) is 6.42 Å². The van der Waals surface area contributed by atoms with Crippen LogP contribution in [-0.4, -0.2) is 21.0 Å². The standard InChI is InChI=1S/C14H16N2O2/c1-2-10-3-5-11(6-4-10)14-15-9-12(16-14)7-8-13(17)18/h3-6,9H,2,7-8H2,1H3,(H,15,16)(H,17,18). The van der Waals surface area contributed by atoms with Gasteiger partial charge in [-0.2, -0.15) is 0 Å². The number of carbonyl (C=O) groups is 1. The van der Waals surface area contributed by atoms with Crippen molar-refractivity contribution in [3.63, 3.8) is 0 Å². The van der Waals surface area contributed by atoms with E-state index < -0.39 is 5.97 Å². The largest absolute Gasteiger partial charge is 0.481 e. The number of aryl methyl sites for hydroxylation is 2. The van der Waals surface area contributed by atoms with Gasteiger partial charge in [-0.1, -0.05) is 31.2 Å². The molecule has 1 aromatic heterocycles. The number of hydrogen-bond acceptors (Lipinski definition) is 2. The average Bonchev–Trinajstić information content (AvgIpc) is 2.85. The highest BCUT2D eigenvalue weighted by atomic mass is 16.4. The molecule has 0 aliphatic carbocycles. The highest BCUT2D eigenvalue weighted by molar-refractivity contribution is 5.67. The van der Waals surface area contributed by atoms with Crippen LogP contribution in [0.25, 0.3) is 11.4 Å². The Bertz CT molecular complexity index is 529. The van der Waals surface area contributed by atoms with Crippen molar-refractivity contribution in [1.82, 2.24) is 9.97 Å². The van der Waals surface area contributed by atoms with Crippen molar-refractivity contribution in [3.8, 4) is 11.4 Å². The molecular weight excluding hydrogens is 228 g/mol. The Kier molecular flexibility index (Phi) is 3.77. The molecule has 2 aromatic rings. The van der Waals surface area contributed by atoms with Crippen LogP contribution in [0.2, 0.25) is 0 Å². The van der Waals surface area contributed by atoms with Crippen LogP contribution >= 0.6 is 0 Å². The van der Waals surface area contributed by atoms with E-state index in [1.807, 2.05) is 12.1 Å². The normalized spacial score (nSPS) is 10.5. The first-order valence-electron chi connectivity index (χ1n) is 6.04. The summed E-state index contributed by atoms with van der Waals surface area (Å²) in [5.41, 5.74) is 3.16. The zero-order valence-corrected chi connectivity index (χ0v) is 10.3. The zero-order valence-electron chi connectivity index (χ0n) is 10.3. The lowest BCUT2D eigenvalue weighted by Crippen LogP contribution is -1.97. The molecule has 0 unspecified atom stereocenters. The fraction of sp³-hybridized carbons (Fsp3) is 0.286. The van der Waals surface area contributed by atoms with Gasteiger partial charge in [0.05, 0.1) is 6.42 Å². The van der Waals surface area contributed by atoms with Crippen LogP contribution in [0.4, 0.5) is 0 Å². The highest BCUT2D eigenvalue weighted by Crippen LogP contribution is 2.17. The Hall–Kier alpha value is -2.10. The summed E-state index contributed by atoms with van der Waals surface area (Å²) >= 11 is 0. The molecule has 0 bridgehead atoms. The molecular formula is C14H16N2O2. The Labute approximate surface area is 106 Å². The summed E-state index contributed by atoms with van der Waals surface area (Å²) < 4.78 is 0. The van der Waals surface area contributed by atoms with Crippen molar-refractivity contribution in [2.75, 3.05) is 0 Å². The molecule has 0 aliphatic rings. The van der Waals surface area contributed by atoms with Crippen LogP contribution in [0.15, 0.2) is 30.5 Å². The Morgan fingerprint density at radius 3 is 2.67 bits per heavy atom. The smallest absolute Gasteiger partial charge is 0.303 e. The topological polar surface area (TPSA) is 66.0 Å². The Balaban J connectivity index is 2.10. The summed E-state index contributed by atoms with van der Waals surface area (Å²) in [5, 5.41) is 8.62. The number of H-pyrrole nitrogens is 1. The van der Waals surface area contributed by atoms with Gasteiger partial charge in [0.1, 0.15) is 5.82 Å². The van der Waals surface area contributed by atoms with E-state index in [0.717, 1.165) is 23.5 Å². The fourth-order valence-electron chi connectivity index (χ4n) is 1.77. The third kappa shape index (κ3) is 2.97. The number of carboxylic acid groups (broad SMARTS) is 1. The van der Waals surface area contributed by atoms with Gasteiger partial charge in [0.25, 0.3) is 0 Å². The average molecular weight is 244 g/mol. The molecule has 0 atom stereocenters. The number of carboxylic acids is 1. The van der Waals surface area contributed by atoms with Crippen molar-refractivity contribution < 1.29 is 9.90 Å². The van der Waals surface area contributed by atoms with Gasteiger partial charge < -0.3 is 10.1 Å². The van der Waals surface area contributed by atoms with E-state index in [-0.39, 0.29) is 6.42 Å². The molecule has 1 heterocycles. The van der Waals surface area contributed by atoms with Gasteiger partial charge in [0, 0.05) is 17.5 Å². The third-order valence-electron chi connectivity index (χ3n) is 2.87. The first kappa shape index (κ1) is 12.4. The first-order chi connectivity index (χ1) is 8.69. The predicted molar refractivity (Wildman–Crippen MR) is 69.4 cm³/mol. The number of hydrogen-bond donors (Lipinski definition) is 2. The lowest BCUT2D eigenvalue weighted by Gasteiger charge is -1.99. The number of nitrogens with one attached hydrogen (secondary N) is 1. The van der Waals surface area contributed by atoms with Crippen molar-refractivity contribution in [1.29, 1.82) is 0 Å². The van der Waals surface area contributed by atoms with Crippen molar-refractivity contribution >= 4 is 5.97 Å². The minimum Gasteiger partial charge on any atom is -0.481 e. The van der Waals surface area contributed by atoms with Gasteiger partial charge in [-0.25, -0.2) is 4.98 Å². The van der Waals surface area contributed by atoms with Gasteiger partial charge in [-0.15, -0.1) is 0 Å². The van der Waals surface area contributed by atoms with Crippen molar-refractivity contribution in [2.45, 2.75) is 26.2 Å². The van der Waals surface area contributed by atoms with E-state index in [2.05, 4.69) is 29.0 Å². The Morgan fingerprint density at radius 2 is 2.06 bits per heavy atom. The van der Waals surface area contributed by atoms with Crippen LogP contribution in [0.5, 0.6) is 0 Å². The summed E-state index contributed by atoms with van der Waals surface area (Å²) in [7, 11) is 0. The number of benzene rings is 1. The molecule has 18 heavy (non-hydrogen) atoms. The van der Waals surface area contributed by atoms with Crippen LogP contribution in [0.1, 0.15) is 24.6 Å². The van der Waals surface area contributed by atoms with Gasteiger partial charge in [-0.3, -0.25) is 4.79 Å². The van der Waals surface area contributed by atoms with E-state index in [1.165, 1.54) is 5.56 Å². The lowest BCUT2D eigenvalue weighted by atomic mass is 10.1. The number of nitrogens with zero attached hydrogens (tertiary/aromatic N) is 1. The maximum Gasteiger partial charge on any atom is 0.303 e. The van der Waals surface area contributed by atoms with Gasteiger partial charge in [-0.05, 0) is 18.4 Å². The molecule has 0 saturated heterocycles. The summed E-state index contributed by atoms with van der Waals surface area (Å²) in [6, 6.07) is 8.21. The van der Waals surface area contributed by atoms with Gasteiger partial charge >= 0.3 is 5.97 Å². The third-order valence-corrected chi connectivity index (χ3v) is 2.87. The van der Waals surface area contributed by atoms with Crippen LogP contribution in [0.3, 0.4) is 0 Å². The molecule has 0 spiro atoms. The maximum atomic E-state index is 10.5. The molecule has 4 nitrogen and oxygen atoms in total. The number of aromatic nitrogens is 2. The number of aliphatic carboxylic acids is 1. The van der Waals surface area contributed by atoms with Crippen molar-refractivity contribution in [2.24, 2.45) is 0 Å². The molecule has 1 aromatic carbocycles. The number of aromatic amines is 1. The minimum atomic E-state index is -0.793. The summed E-state index contributed by atoms with van der Waals surface area (Å²) in [4.78, 5) is 17.9. The highest BCUT2D eigenvalue weighted by Gasteiger charge is 2.05. The van der Waals surface area contributed by atoms with Gasteiger partial charge in [0.15, 0.2) is 0 Å². The summed E-state index contributed by atoms with van der Waals surface area (Å²) in [6.45, 7) is 2.12.